The van der Waals surface area contributed by atoms with Crippen LogP contribution in [0.5, 0.6) is 0 Å². The highest BCUT2D eigenvalue weighted by molar-refractivity contribution is 7.26. The van der Waals surface area contributed by atoms with Gasteiger partial charge in [0, 0.05) is 59.8 Å². The fourth-order valence-corrected chi connectivity index (χ4v) is 16.4. The predicted octanol–water partition coefficient (Wildman–Crippen LogP) is 26.9. The first-order valence-electron chi connectivity index (χ1n) is 34.5. The Morgan fingerprint density at radius 2 is 0.667 bits per heavy atom. The molecule has 1 unspecified atom stereocenters. The molecule has 0 fully saturated rings. The summed E-state index contributed by atoms with van der Waals surface area (Å²) >= 11 is 1.90. The quantitative estimate of drug-likeness (QED) is 0.152. The minimum atomic E-state index is -0.997. The normalized spacial score (nSPS) is 14.8. The summed E-state index contributed by atoms with van der Waals surface area (Å²) in [4.78, 5) is 5.04. The summed E-state index contributed by atoms with van der Waals surface area (Å²) in [5.41, 5.74) is 23.2. The second kappa shape index (κ2) is 21.9. The van der Waals surface area contributed by atoms with Gasteiger partial charge in [-0.3, -0.25) is 0 Å². The van der Waals surface area contributed by atoms with Gasteiger partial charge in [0.15, 0.2) is 5.58 Å². The Morgan fingerprint density at radius 3 is 1.15 bits per heavy atom. The van der Waals surface area contributed by atoms with Crippen LogP contribution in [0, 0.1) is 0 Å². The van der Waals surface area contributed by atoms with Crippen molar-refractivity contribution in [1.82, 2.24) is 0 Å². The van der Waals surface area contributed by atoms with Crippen molar-refractivity contribution in [2.24, 2.45) is 0 Å². The molecule has 482 valence electrons. The average Bonchev–Trinajstić information content (AvgIpc) is 1.50. The molecule has 3 aromatic heterocycles. The van der Waals surface area contributed by atoms with Gasteiger partial charge < -0.3 is 18.6 Å². The first-order valence-corrected chi connectivity index (χ1v) is 35.3. The van der Waals surface area contributed by atoms with Crippen molar-refractivity contribution in [3.63, 3.8) is 0 Å². The fraction of sp³-hybridized carbons (Fsp3) is 0.275. The number of rotatable bonds is 8. The topological polar surface area (TPSA) is 32.8 Å². The Labute approximate surface area is 572 Å². The molecule has 15 rings (SSSR count). The van der Waals surface area contributed by atoms with Gasteiger partial charge in [-0.15, -0.1) is 11.3 Å². The van der Waals surface area contributed by atoms with E-state index in [1.165, 1.54) is 81.4 Å². The smallest absolute Gasteiger partial charge is 0.160 e. The molecule has 14 aromatic rings. The Balaban J connectivity index is 1.17. The predicted molar refractivity (Wildman–Crippen MR) is 413 cm³/mol. The molecule has 11 aromatic carbocycles. The molecule has 0 aliphatic heterocycles. The highest BCUT2D eigenvalue weighted by atomic mass is 32.1. The lowest BCUT2D eigenvalue weighted by atomic mass is 9.66. The van der Waals surface area contributed by atoms with Crippen molar-refractivity contribution in [2.45, 2.75) is 163 Å². The van der Waals surface area contributed by atoms with Crippen LogP contribution in [0.4, 0.5) is 34.1 Å². The van der Waals surface area contributed by atoms with Crippen molar-refractivity contribution in [3.8, 4) is 11.1 Å². The van der Waals surface area contributed by atoms with Gasteiger partial charge in [-0.25, -0.2) is 0 Å². The molecule has 0 N–H and O–H groups in total. The van der Waals surface area contributed by atoms with Crippen LogP contribution in [0.3, 0.4) is 0 Å². The molecule has 0 spiro atoms. The van der Waals surface area contributed by atoms with Gasteiger partial charge in [-0.2, -0.15) is 0 Å². The highest BCUT2D eigenvalue weighted by Gasteiger charge is 2.51. The van der Waals surface area contributed by atoms with Gasteiger partial charge in [0.05, 0.1) is 21.5 Å². The van der Waals surface area contributed by atoms with E-state index in [1.54, 1.807) is 0 Å². The number of para-hydroxylation sites is 1. The lowest BCUT2D eigenvalue weighted by Crippen LogP contribution is -2.29. The number of hydrogen-bond acceptors (Lipinski definition) is 5. The molecule has 1 aliphatic carbocycles. The molecule has 5 heteroatoms. The monoisotopic (exact) mass is 1270 g/mol. The van der Waals surface area contributed by atoms with Crippen molar-refractivity contribution in [3.05, 3.63) is 274 Å². The maximum absolute atomic E-state index is 7.64. The second-order valence-corrected chi connectivity index (χ2v) is 34.5. The van der Waals surface area contributed by atoms with E-state index in [1.807, 2.05) is 11.3 Å². The van der Waals surface area contributed by atoms with Gasteiger partial charge in [0.1, 0.15) is 16.7 Å². The minimum Gasteiger partial charge on any atom is -0.456 e. The lowest BCUT2D eigenvalue weighted by molar-refractivity contribution is 0.589. The summed E-state index contributed by atoms with van der Waals surface area (Å²) in [6.45, 7) is 41.5. The zero-order chi connectivity index (χ0) is 67.6. The fourth-order valence-electron chi connectivity index (χ4n) is 15.1. The molecule has 0 saturated carbocycles. The van der Waals surface area contributed by atoms with E-state index in [0.29, 0.717) is 0 Å². The van der Waals surface area contributed by atoms with E-state index in [0.717, 1.165) is 83.6 Å². The zero-order valence-electron chi connectivity index (χ0n) is 59.4. The van der Waals surface area contributed by atoms with Crippen molar-refractivity contribution in [2.75, 3.05) is 9.80 Å². The number of hydrogen-bond donors (Lipinski definition) is 0. The van der Waals surface area contributed by atoms with E-state index in [9.17, 15) is 0 Å². The van der Waals surface area contributed by atoms with Crippen molar-refractivity contribution in [1.29, 1.82) is 0 Å². The molecule has 0 bridgehead atoms. The lowest BCUT2D eigenvalue weighted by Gasteiger charge is -2.36. The van der Waals surface area contributed by atoms with E-state index in [2.05, 4.69) is 353 Å². The number of thiophene rings is 1. The Kier molecular flexibility index (Phi) is 14.4. The summed E-state index contributed by atoms with van der Waals surface area (Å²) in [6, 6.07) is 84.1. The van der Waals surface area contributed by atoms with Gasteiger partial charge in [0.25, 0.3) is 0 Å². The third-order valence-corrected chi connectivity index (χ3v) is 21.9. The number of nitrogens with zero attached hydrogens (tertiary/aromatic N) is 2. The molecule has 3 heterocycles. The minimum absolute atomic E-state index is 0.0452. The average molecular weight is 1280 g/mol. The molecule has 1 aliphatic rings. The van der Waals surface area contributed by atoms with Crippen molar-refractivity contribution >= 4 is 110 Å². The molecular formula is C91H90N2O2S. The van der Waals surface area contributed by atoms with E-state index in [4.69, 9.17) is 8.83 Å². The number of fused-ring (bicyclic) bond motifs is 14. The summed E-state index contributed by atoms with van der Waals surface area (Å²) < 4.78 is 17.0. The SMILES string of the molecule is CC(C)(C)c1ccc(N(c2ccc(C(C)(C)C)cc2)c2cc3c(c4c2oc2ccccc24)-c2c(cc(N(c4ccc(C(C)(C)C)cc4)c4ccc(C(C)(C)C)cc4)c4sc5ccccc5c24)C3(c2ccc(C(C)(C)C)cc2)c2ccc3oc4ccc(C(C)(C)C)cc4c3c2)cc1. The zero-order valence-corrected chi connectivity index (χ0v) is 60.2. The first kappa shape index (κ1) is 62.9. The van der Waals surface area contributed by atoms with Crippen LogP contribution in [-0.2, 0) is 37.9 Å². The van der Waals surface area contributed by atoms with E-state index >= 15 is 0 Å². The largest absolute Gasteiger partial charge is 0.456 e. The van der Waals surface area contributed by atoms with Gasteiger partial charge in [-0.05, 0) is 196 Å². The van der Waals surface area contributed by atoms with Gasteiger partial charge in [0.2, 0.25) is 0 Å². The molecule has 0 amide bonds. The van der Waals surface area contributed by atoms with Crippen LogP contribution in [0.2, 0.25) is 0 Å². The Hall–Kier alpha value is -9.16. The maximum Gasteiger partial charge on any atom is 0.160 e. The van der Waals surface area contributed by atoms with Gasteiger partial charge in [-0.1, -0.05) is 246 Å². The van der Waals surface area contributed by atoms with Crippen LogP contribution >= 0.6 is 11.3 Å². The van der Waals surface area contributed by atoms with E-state index in [-0.39, 0.29) is 32.5 Å². The van der Waals surface area contributed by atoms with Crippen LogP contribution in [0.15, 0.2) is 227 Å². The third-order valence-electron chi connectivity index (χ3n) is 20.7. The molecule has 96 heavy (non-hydrogen) atoms. The number of anilines is 6. The summed E-state index contributed by atoms with van der Waals surface area (Å²) in [7, 11) is 0. The molecule has 0 radical (unpaired) electrons. The maximum atomic E-state index is 7.64. The third kappa shape index (κ3) is 10.3. The Morgan fingerprint density at radius 1 is 0.302 bits per heavy atom. The second-order valence-electron chi connectivity index (χ2n) is 33.5. The summed E-state index contributed by atoms with van der Waals surface area (Å²) in [6.07, 6.45) is 0. The standard InChI is InChI=1S/C91H90N2O2S/c1-85(2,3)55-27-29-60(30-28-55)91(62-40-50-77-70(52-62)69-51-61(90(16,17)18)39-49-76(69)94-77)71-53-73(92(63-41-31-56(32-42-63)86(4,5)6)64-43-33-57(34-44-64)87(7,8)9)83-79(67-23-19-21-25-75(67)95-83)81(71)82-72(91)54-74(84-80(82)68-24-20-22-26-78(68)96-84)93(65-45-35-58(36-46-65)88(10,11)12)66-47-37-59(38-48-66)89(13,14)15/h19-54H,1-18H3. The van der Waals surface area contributed by atoms with Crippen molar-refractivity contribution < 1.29 is 8.83 Å². The molecular weight excluding hydrogens is 1190 g/mol. The van der Waals surface area contributed by atoms with Crippen LogP contribution in [0.1, 0.15) is 180 Å². The van der Waals surface area contributed by atoms with Gasteiger partial charge >= 0.3 is 0 Å². The number of benzene rings is 11. The highest BCUT2D eigenvalue weighted by Crippen LogP contribution is 2.66. The first-order chi connectivity index (χ1) is 45.4. The summed E-state index contributed by atoms with van der Waals surface area (Å²) in [5.74, 6) is 0. The molecule has 0 saturated heterocycles. The number of furan rings is 2. The molecule has 4 nitrogen and oxygen atoms in total. The molecule has 1 atom stereocenters. The summed E-state index contributed by atoms with van der Waals surface area (Å²) in [5, 5.41) is 6.82. The van der Waals surface area contributed by atoms with Crippen LogP contribution < -0.4 is 9.80 Å². The van der Waals surface area contributed by atoms with E-state index < -0.39 is 5.41 Å². The Bertz CT molecular complexity index is 5000. The van der Waals surface area contributed by atoms with Crippen LogP contribution in [-0.4, -0.2) is 0 Å². The van der Waals surface area contributed by atoms with Crippen LogP contribution in [0.25, 0.3) is 75.2 Å².